The molecule has 0 radical (unpaired) electrons. The normalized spacial score (nSPS) is 9.54. The van der Waals surface area contributed by atoms with Crippen molar-refractivity contribution in [3.63, 3.8) is 0 Å². The average Bonchev–Trinajstić information content (AvgIpc) is 2.63. The average molecular weight is 329 g/mol. The van der Waals surface area contributed by atoms with Gasteiger partial charge in [-0.3, -0.25) is 4.79 Å². The summed E-state index contributed by atoms with van der Waals surface area (Å²) in [5, 5.41) is 0. The lowest BCUT2D eigenvalue weighted by atomic mass is 9.90. The van der Waals surface area contributed by atoms with Gasteiger partial charge in [-0.2, -0.15) is 0 Å². The number of hydrogen-bond donors (Lipinski definition) is 0. The molecule has 0 aromatic heterocycles. The fourth-order valence-corrected chi connectivity index (χ4v) is 2.11. The Balaban J connectivity index is 0.000000413. The van der Waals surface area contributed by atoms with Gasteiger partial charge >= 0.3 is 6.16 Å². The maximum absolute atomic E-state index is 12.4. The van der Waals surface area contributed by atoms with E-state index in [1.54, 1.807) is 19.0 Å². The van der Waals surface area contributed by atoms with Crippen LogP contribution in [0.2, 0.25) is 0 Å². The fourth-order valence-electron chi connectivity index (χ4n) is 2.11. The van der Waals surface area contributed by atoms with Gasteiger partial charge in [0.05, 0.1) is 20.1 Å². The van der Waals surface area contributed by atoms with E-state index in [4.69, 9.17) is 0 Å². The Morgan fingerprint density at radius 3 is 1.42 bits per heavy atom. The second-order valence-corrected chi connectivity index (χ2v) is 5.15. The zero-order chi connectivity index (χ0) is 17.9. The molecule has 2 aromatic rings. The van der Waals surface area contributed by atoms with E-state index in [1.807, 2.05) is 60.7 Å². The van der Waals surface area contributed by atoms with Gasteiger partial charge in [0.25, 0.3) is 0 Å². The molecule has 0 heterocycles. The number of amides is 1. The van der Waals surface area contributed by atoms with Crippen LogP contribution in [-0.2, 0) is 14.3 Å². The third-order valence-corrected chi connectivity index (χ3v) is 3.29. The molecule has 5 nitrogen and oxygen atoms in total. The lowest BCUT2D eigenvalue weighted by Gasteiger charge is -2.21. The SMILES string of the molecule is CN(C)C(=O)C(c1ccccc1)c1ccccc1.COC(=O)OC. The van der Waals surface area contributed by atoms with E-state index in [-0.39, 0.29) is 11.8 Å². The molecular weight excluding hydrogens is 306 g/mol. The van der Waals surface area contributed by atoms with E-state index in [0.717, 1.165) is 11.1 Å². The minimum absolute atomic E-state index is 0.104. The summed E-state index contributed by atoms with van der Waals surface area (Å²) in [5.41, 5.74) is 2.06. The van der Waals surface area contributed by atoms with Crippen LogP contribution in [0.4, 0.5) is 4.79 Å². The molecule has 5 heteroatoms. The van der Waals surface area contributed by atoms with E-state index >= 15 is 0 Å². The van der Waals surface area contributed by atoms with Crippen LogP contribution in [0.25, 0.3) is 0 Å². The molecule has 0 bridgehead atoms. The van der Waals surface area contributed by atoms with Gasteiger partial charge in [0, 0.05) is 14.1 Å². The highest BCUT2D eigenvalue weighted by molar-refractivity contribution is 5.86. The first-order valence-electron chi connectivity index (χ1n) is 7.44. The molecule has 0 saturated heterocycles. The van der Waals surface area contributed by atoms with Gasteiger partial charge in [0.15, 0.2) is 0 Å². The summed E-state index contributed by atoms with van der Waals surface area (Å²) in [7, 11) is 6.10. The van der Waals surface area contributed by atoms with Crippen LogP contribution in [-0.4, -0.2) is 45.3 Å². The number of likely N-dealkylation sites (N-methyl/N-ethyl adjacent to an activating group) is 1. The van der Waals surface area contributed by atoms with Crippen molar-refractivity contribution in [1.29, 1.82) is 0 Å². The third kappa shape index (κ3) is 5.76. The smallest absolute Gasteiger partial charge is 0.438 e. The van der Waals surface area contributed by atoms with Crippen LogP contribution in [0, 0.1) is 0 Å². The number of nitrogens with zero attached hydrogens (tertiary/aromatic N) is 1. The second-order valence-electron chi connectivity index (χ2n) is 5.15. The summed E-state index contributed by atoms with van der Waals surface area (Å²) in [6, 6.07) is 19.8. The first-order valence-corrected chi connectivity index (χ1v) is 7.44. The third-order valence-electron chi connectivity index (χ3n) is 3.29. The molecule has 24 heavy (non-hydrogen) atoms. The van der Waals surface area contributed by atoms with E-state index in [2.05, 4.69) is 9.47 Å². The Hall–Kier alpha value is -2.82. The fraction of sp³-hybridized carbons (Fsp3) is 0.263. The van der Waals surface area contributed by atoms with E-state index in [1.165, 1.54) is 14.2 Å². The van der Waals surface area contributed by atoms with Gasteiger partial charge in [-0.05, 0) is 11.1 Å². The highest BCUT2D eigenvalue weighted by atomic mass is 16.7. The summed E-state index contributed by atoms with van der Waals surface area (Å²) in [6.07, 6.45) is -0.657. The highest BCUT2D eigenvalue weighted by Gasteiger charge is 2.23. The maximum atomic E-state index is 12.4. The maximum Gasteiger partial charge on any atom is 0.507 e. The molecular formula is C19H23NO4. The Kier molecular flexibility index (Phi) is 8.05. The van der Waals surface area contributed by atoms with Gasteiger partial charge in [-0.25, -0.2) is 4.79 Å². The summed E-state index contributed by atoms with van der Waals surface area (Å²) in [4.78, 5) is 23.7. The van der Waals surface area contributed by atoms with Crippen molar-refractivity contribution in [2.45, 2.75) is 5.92 Å². The topological polar surface area (TPSA) is 55.8 Å². The molecule has 1 amide bonds. The molecule has 2 aromatic carbocycles. The zero-order valence-corrected chi connectivity index (χ0v) is 14.4. The Bertz CT molecular complexity index is 581. The molecule has 0 saturated carbocycles. The molecule has 0 aliphatic carbocycles. The summed E-state index contributed by atoms with van der Waals surface area (Å²) >= 11 is 0. The van der Waals surface area contributed by atoms with E-state index in [0.29, 0.717) is 0 Å². The number of rotatable bonds is 3. The molecule has 0 unspecified atom stereocenters. The quantitative estimate of drug-likeness (QED) is 0.811. The Morgan fingerprint density at radius 2 is 1.17 bits per heavy atom. The summed E-state index contributed by atoms with van der Waals surface area (Å²) in [5.74, 6) is -0.116. The lowest BCUT2D eigenvalue weighted by Crippen LogP contribution is -2.28. The molecule has 0 N–H and O–H groups in total. The van der Waals surface area contributed by atoms with Gasteiger partial charge in [-0.1, -0.05) is 60.7 Å². The first kappa shape index (κ1) is 19.2. The van der Waals surface area contributed by atoms with Crippen molar-refractivity contribution < 1.29 is 19.1 Å². The minimum Gasteiger partial charge on any atom is -0.438 e. The van der Waals surface area contributed by atoms with Gasteiger partial charge in [0.2, 0.25) is 5.91 Å². The summed E-state index contributed by atoms with van der Waals surface area (Å²) < 4.78 is 8.08. The molecule has 0 fully saturated rings. The van der Waals surface area contributed by atoms with Crippen LogP contribution in [0.3, 0.4) is 0 Å². The number of carbonyl (C=O) groups excluding carboxylic acids is 2. The summed E-state index contributed by atoms with van der Waals surface area (Å²) in [6.45, 7) is 0. The van der Waals surface area contributed by atoms with Crippen LogP contribution >= 0.6 is 0 Å². The second kappa shape index (κ2) is 10.0. The molecule has 0 spiro atoms. The Labute approximate surface area is 142 Å². The van der Waals surface area contributed by atoms with Crippen molar-refractivity contribution in [2.75, 3.05) is 28.3 Å². The first-order chi connectivity index (χ1) is 11.5. The molecule has 0 atom stereocenters. The van der Waals surface area contributed by atoms with Gasteiger partial charge in [0.1, 0.15) is 0 Å². The van der Waals surface area contributed by atoms with Gasteiger partial charge in [-0.15, -0.1) is 0 Å². The van der Waals surface area contributed by atoms with Crippen molar-refractivity contribution in [3.8, 4) is 0 Å². The number of methoxy groups -OCH3 is 2. The number of carbonyl (C=O) groups is 2. The minimum atomic E-state index is -0.657. The predicted octanol–water partition coefficient (Wildman–Crippen LogP) is 3.31. The van der Waals surface area contributed by atoms with Crippen LogP contribution in [0.15, 0.2) is 60.7 Å². The van der Waals surface area contributed by atoms with Crippen molar-refractivity contribution in [3.05, 3.63) is 71.8 Å². The highest BCUT2D eigenvalue weighted by Crippen LogP contribution is 2.25. The standard InChI is InChI=1S/C16H17NO.C3H6O3/c1-17(2)16(18)15(13-9-5-3-6-10-13)14-11-7-4-8-12-14;1-5-3(4)6-2/h3-12,15H,1-2H3;1-2H3. The molecule has 2 rings (SSSR count). The monoisotopic (exact) mass is 329 g/mol. The van der Waals surface area contributed by atoms with E-state index in [9.17, 15) is 9.59 Å². The van der Waals surface area contributed by atoms with Crippen molar-refractivity contribution >= 4 is 12.1 Å². The van der Waals surface area contributed by atoms with Crippen molar-refractivity contribution in [2.24, 2.45) is 0 Å². The lowest BCUT2D eigenvalue weighted by molar-refractivity contribution is -0.129. The number of ether oxygens (including phenoxy) is 2. The van der Waals surface area contributed by atoms with Crippen LogP contribution < -0.4 is 0 Å². The molecule has 0 aliphatic heterocycles. The number of benzene rings is 2. The number of hydrogen-bond acceptors (Lipinski definition) is 4. The van der Waals surface area contributed by atoms with Crippen LogP contribution in [0.1, 0.15) is 17.0 Å². The largest absolute Gasteiger partial charge is 0.507 e. The Morgan fingerprint density at radius 1 is 0.792 bits per heavy atom. The van der Waals surface area contributed by atoms with E-state index < -0.39 is 6.16 Å². The van der Waals surface area contributed by atoms with Crippen molar-refractivity contribution in [1.82, 2.24) is 4.90 Å². The zero-order valence-electron chi connectivity index (χ0n) is 14.4. The van der Waals surface area contributed by atoms with Crippen LogP contribution in [0.5, 0.6) is 0 Å². The molecule has 128 valence electrons. The van der Waals surface area contributed by atoms with Gasteiger partial charge < -0.3 is 14.4 Å². The predicted molar refractivity (Wildman–Crippen MR) is 92.8 cm³/mol. The molecule has 0 aliphatic rings.